The van der Waals surface area contributed by atoms with Gasteiger partial charge in [-0.1, -0.05) is 13.0 Å². The lowest BCUT2D eigenvalue weighted by Gasteiger charge is -2.30. The van der Waals surface area contributed by atoms with Crippen LogP contribution in [0.4, 0.5) is 0 Å². The van der Waals surface area contributed by atoms with Crippen LogP contribution in [-0.2, 0) is 24.4 Å². The number of hydrogen-bond acceptors (Lipinski definition) is 9. The third-order valence-electron chi connectivity index (χ3n) is 6.81. The van der Waals surface area contributed by atoms with E-state index in [0.717, 1.165) is 42.6 Å². The molecule has 188 valence electrons. The van der Waals surface area contributed by atoms with Gasteiger partial charge in [-0.05, 0) is 53.3 Å². The first-order valence-corrected chi connectivity index (χ1v) is 13.2. The van der Waals surface area contributed by atoms with Crippen molar-refractivity contribution in [1.29, 1.82) is 0 Å². The number of H-pyrrole nitrogens is 1. The average molecular weight is 509 g/mol. The van der Waals surface area contributed by atoms with Crippen LogP contribution in [0.1, 0.15) is 48.5 Å². The molecular weight excluding hydrogens is 480 g/mol. The fraction of sp³-hybridized carbons (Fsp3) is 0.440. The number of tetrazole rings is 1. The minimum Gasteiger partial charge on any atom is -0.454 e. The van der Waals surface area contributed by atoms with Crippen LogP contribution >= 0.6 is 11.3 Å². The van der Waals surface area contributed by atoms with Crippen molar-refractivity contribution in [2.45, 2.75) is 58.0 Å². The largest absolute Gasteiger partial charge is 0.454 e. The Labute approximate surface area is 211 Å². The smallest absolute Gasteiger partial charge is 0.252 e. The normalized spacial score (nSPS) is 17.9. The van der Waals surface area contributed by atoms with Crippen LogP contribution in [0, 0.1) is 0 Å². The summed E-state index contributed by atoms with van der Waals surface area (Å²) < 4.78 is 18.7. The van der Waals surface area contributed by atoms with Crippen LogP contribution in [0.15, 0.2) is 40.5 Å². The van der Waals surface area contributed by atoms with Crippen molar-refractivity contribution in [1.82, 2.24) is 30.1 Å². The molecule has 11 heteroatoms. The lowest BCUT2D eigenvalue weighted by molar-refractivity contribution is 0.0889. The molecule has 1 saturated heterocycles. The van der Waals surface area contributed by atoms with Gasteiger partial charge in [0.05, 0.1) is 24.2 Å². The van der Waals surface area contributed by atoms with Gasteiger partial charge in [-0.3, -0.25) is 9.69 Å². The molecule has 5 heterocycles. The van der Waals surface area contributed by atoms with E-state index in [9.17, 15) is 4.79 Å². The molecule has 2 aliphatic heterocycles. The first-order chi connectivity index (χ1) is 17.7. The van der Waals surface area contributed by atoms with E-state index in [0.29, 0.717) is 36.7 Å². The quantitative estimate of drug-likeness (QED) is 0.365. The molecule has 0 bridgehead atoms. The van der Waals surface area contributed by atoms with Crippen LogP contribution in [0.2, 0.25) is 0 Å². The highest BCUT2D eigenvalue weighted by Gasteiger charge is 2.28. The summed E-state index contributed by atoms with van der Waals surface area (Å²) in [7, 11) is 0. The number of benzene rings is 1. The molecule has 1 N–H and O–H groups in total. The van der Waals surface area contributed by atoms with Gasteiger partial charge in [-0.15, -0.1) is 16.4 Å². The second-order valence-electron chi connectivity index (χ2n) is 9.18. The molecule has 0 radical (unpaired) electrons. The number of aromatic amines is 1. The molecule has 0 unspecified atom stereocenters. The van der Waals surface area contributed by atoms with Gasteiger partial charge in [0, 0.05) is 41.6 Å². The zero-order valence-electron chi connectivity index (χ0n) is 20.1. The van der Waals surface area contributed by atoms with Gasteiger partial charge in [0.15, 0.2) is 17.3 Å². The molecule has 2 aliphatic rings. The fourth-order valence-corrected chi connectivity index (χ4v) is 5.75. The molecule has 0 spiro atoms. The van der Waals surface area contributed by atoms with Crippen molar-refractivity contribution in [3.63, 3.8) is 0 Å². The van der Waals surface area contributed by atoms with Crippen molar-refractivity contribution in [2.24, 2.45) is 0 Å². The summed E-state index contributed by atoms with van der Waals surface area (Å²) >= 11 is 1.70. The van der Waals surface area contributed by atoms with Crippen LogP contribution in [0.3, 0.4) is 0 Å². The second-order valence-corrected chi connectivity index (χ2v) is 10.2. The maximum Gasteiger partial charge on any atom is 0.252 e. The number of thiophene rings is 1. The van der Waals surface area contributed by atoms with Gasteiger partial charge in [0.25, 0.3) is 5.56 Å². The standard InChI is InChI=1S/C25H28N6O4S/c1-2-21(24-27-28-29-31(24)13-18-5-3-7-33-18)30(14-19-6-4-8-36-19)12-17-9-16-10-22-23(35-15-34-22)11-20(16)26-25(17)32/h4,6,8-11,18,21H,2-3,5,7,12-15H2,1H3,(H,26,32)/t18-,21+/m1/s1. The molecular formula is C25H28N6O4S. The van der Waals surface area contributed by atoms with E-state index in [1.165, 1.54) is 4.88 Å². The van der Waals surface area contributed by atoms with Crippen LogP contribution in [0.25, 0.3) is 10.9 Å². The van der Waals surface area contributed by atoms with E-state index < -0.39 is 0 Å². The van der Waals surface area contributed by atoms with E-state index in [2.05, 4.69) is 43.8 Å². The Morgan fingerprint density at radius 3 is 2.92 bits per heavy atom. The molecule has 0 amide bonds. The molecule has 0 saturated carbocycles. The topological polar surface area (TPSA) is 107 Å². The molecule has 3 aromatic heterocycles. The minimum atomic E-state index is -0.119. The monoisotopic (exact) mass is 508 g/mol. The van der Waals surface area contributed by atoms with Crippen molar-refractivity contribution in [3.05, 3.63) is 62.3 Å². The van der Waals surface area contributed by atoms with E-state index in [-0.39, 0.29) is 24.5 Å². The zero-order valence-corrected chi connectivity index (χ0v) is 20.9. The summed E-state index contributed by atoms with van der Waals surface area (Å²) in [5.74, 6) is 2.13. The van der Waals surface area contributed by atoms with E-state index in [4.69, 9.17) is 14.2 Å². The highest BCUT2D eigenvalue weighted by atomic mass is 32.1. The van der Waals surface area contributed by atoms with E-state index in [1.54, 1.807) is 11.3 Å². The number of hydrogen-bond donors (Lipinski definition) is 1. The lowest BCUT2D eigenvalue weighted by atomic mass is 10.1. The summed E-state index contributed by atoms with van der Waals surface area (Å²) in [5, 5.41) is 15.7. The third kappa shape index (κ3) is 4.61. The number of ether oxygens (including phenoxy) is 3. The highest BCUT2D eigenvalue weighted by Crippen LogP contribution is 2.35. The van der Waals surface area contributed by atoms with Crippen molar-refractivity contribution in [3.8, 4) is 11.5 Å². The van der Waals surface area contributed by atoms with E-state index in [1.807, 2.05) is 28.9 Å². The number of aromatic nitrogens is 5. The SMILES string of the molecule is CC[C@@H](c1nnnn1C[C@H]1CCCO1)N(Cc1cccs1)Cc1cc2cc3c(cc2[nH]c1=O)OCO3. The van der Waals surface area contributed by atoms with E-state index >= 15 is 0 Å². The molecule has 4 aromatic rings. The van der Waals surface area contributed by atoms with Gasteiger partial charge in [-0.2, -0.15) is 0 Å². The minimum absolute atomic E-state index is 0.0737. The third-order valence-corrected chi connectivity index (χ3v) is 7.67. The number of rotatable bonds is 9. The number of nitrogens with zero attached hydrogens (tertiary/aromatic N) is 5. The maximum absolute atomic E-state index is 13.2. The van der Waals surface area contributed by atoms with Crippen LogP contribution < -0.4 is 15.0 Å². The van der Waals surface area contributed by atoms with Crippen molar-refractivity contribution >= 4 is 22.2 Å². The van der Waals surface area contributed by atoms with Gasteiger partial charge >= 0.3 is 0 Å². The number of pyridine rings is 1. The molecule has 36 heavy (non-hydrogen) atoms. The predicted octanol–water partition coefficient (Wildman–Crippen LogP) is 3.64. The van der Waals surface area contributed by atoms with Gasteiger partial charge in [-0.25, -0.2) is 4.68 Å². The van der Waals surface area contributed by atoms with Crippen LogP contribution in [-0.4, -0.2) is 49.6 Å². The molecule has 10 nitrogen and oxygen atoms in total. The Morgan fingerprint density at radius 1 is 1.25 bits per heavy atom. The second kappa shape index (κ2) is 10.00. The maximum atomic E-state index is 13.2. The summed E-state index contributed by atoms with van der Waals surface area (Å²) in [6.45, 7) is 4.87. The Balaban J connectivity index is 1.34. The lowest BCUT2D eigenvalue weighted by Crippen LogP contribution is -2.33. The molecule has 6 rings (SSSR count). The van der Waals surface area contributed by atoms with Crippen LogP contribution in [0.5, 0.6) is 11.5 Å². The van der Waals surface area contributed by atoms with Crippen molar-refractivity contribution in [2.75, 3.05) is 13.4 Å². The highest BCUT2D eigenvalue weighted by molar-refractivity contribution is 7.09. The first-order valence-electron chi connectivity index (χ1n) is 12.3. The summed E-state index contributed by atoms with van der Waals surface area (Å²) in [5.41, 5.74) is 1.28. The summed E-state index contributed by atoms with van der Waals surface area (Å²) in [4.78, 5) is 19.7. The Kier molecular flexibility index (Phi) is 6.43. The molecule has 0 aliphatic carbocycles. The zero-order chi connectivity index (χ0) is 24.5. The van der Waals surface area contributed by atoms with Gasteiger partial charge in [0.1, 0.15) is 0 Å². The molecule has 1 aromatic carbocycles. The molecule has 2 atom stereocenters. The van der Waals surface area contributed by atoms with Gasteiger partial charge < -0.3 is 19.2 Å². The summed E-state index contributed by atoms with van der Waals surface area (Å²) in [6.07, 6.45) is 3.00. The Morgan fingerprint density at radius 2 is 2.14 bits per heavy atom. The number of nitrogens with one attached hydrogen (secondary N) is 1. The average Bonchev–Trinajstić information content (AvgIpc) is 3.68. The molecule has 1 fully saturated rings. The first kappa shape index (κ1) is 23.1. The number of fused-ring (bicyclic) bond motifs is 2. The fourth-order valence-electron chi connectivity index (χ4n) is 5.02. The summed E-state index contributed by atoms with van der Waals surface area (Å²) in [6, 6.07) is 9.77. The van der Waals surface area contributed by atoms with Gasteiger partial charge in [0.2, 0.25) is 6.79 Å². The predicted molar refractivity (Wildman–Crippen MR) is 134 cm³/mol. The Hall–Kier alpha value is -3.28. The Bertz CT molecular complexity index is 1400. The van der Waals surface area contributed by atoms with Crippen molar-refractivity contribution < 1.29 is 14.2 Å².